The smallest absolute Gasteiger partial charge is 0.303 e. The molecule has 0 bridgehead atoms. The first kappa shape index (κ1) is 14.0. The Labute approximate surface area is 105 Å². The molecule has 0 unspecified atom stereocenters. The van der Waals surface area contributed by atoms with Gasteiger partial charge in [-0.2, -0.15) is 0 Å². The number of carboxylic acid groups (broad SMARTS) is 2. The predicted octanol–water partition coefficient (Wildman–Crippen LogP) is 1.77. The van der Waals surface area contributed by atoms with Crippen LogP contribution in [0.25, 0.3) is 0 Å². The summed E-state index contributed by atoms with van der Waals surface area (Å²) in [5.41, 5.74) is 7.26. The van der Waals surface area contributed by atoms with Crippen molar-refractivity contribution < 1.29 is 19.8 Å². The summed E-state index contributed by atoms with van der Waals surface area (Å²) in [7, 11) is 0. The quantitative estimate of drug-likeness (QED) is 0.641. The molecule has 0 amide bonds. The van der Waals surface area contributed by atoms with Crippen LogP contribution < -0.4 is 5.73 Å². The highest BCUT2D eigenvalue weighted by Gasteiger charge is 2.16. The average Bonchev–Trinajstić information content (AvgIpc) is 2.26. The third kappa shape index (κ3) is 5.34. The lowest BCUT2D eigenvalue weighted by Gasteiger charge is -2.12. The van der Waals surface area contributed by atoms with Crippen LogP contribution in [0, 0.1) is 5.92 Å². The summed E-state index contributed by atoms with van der Waals surface area (Å²) >= 11 is 0. The van der Waals surface area contributed by atoms with Gasteiger partial charge in [-0.25, -0.2) is 0 Å². The number of aryl methyl sites for hydroxylation is 1. The fraction of sp³-hybridized carbons (Fsp3) is 0.385. The molecule has 1 aromatic rings. The Morgan fingerprint density at radius 3 is 2.00 bits per heavy atom. The molecule has 0 aliphatic carbocycles. The minimum atomic E-state index is -0.960. The fourth-order valence-corrected chi connectivity index (χ4v) is 1.83. The first-order chi connectivity index (χ1) is 8.47. The summed E-state index contributed by atoms with van der Waals surface area (Å²) in [6, 6.07) is 7.29. The summed E-state index contributed by atoms with van der Waals surface area (Å²) in [6.07, 6.45) is 0.983. The summed E-state index contributed by atoms with van der Waals surface area (Å²) in [4.78, 5) is 21.3. The standard InChI is InChI=1S/C13H17NO4/c14-11-5-3-9(4-6-11)1-2-10(7-12(15)16)8-13(17)18/h3-6,10H,1-2,7-8,14H2,(H,15,16)(H,17,18). The van der Waals surface area contributed by atoms with Gasteiger partial charge in [0, 0.05) is 18.5 Å². The van der Waals surface area contributed by atoms with Gasteiger partial charge in [-0.15, -0.1) is 0 Å². The van der Waals surface area contributed by atoms with Crippen molar-refractivity contribution in [3.8, 4) is 0 Å². The average molecular weight is 251 g/mol. The highest BCUT2D eigenvalue weighted by molar-refractivity contribution is 5.70. The van der Waals surface area contributed by atoms with Gasteiger partial charge in [0.15, 0.2) is 0 Å². The van der Waals surface area contributed by atoms with E-state index >= 15 is 0 Å². The minimum Gasteiger partial charge on any atom is -0.481 e. The highest BCUT2D eigenvalue weighted by atomic mass is 16.4. The van der Waals surface area contributed by atoms with Gasteiger partial charge in [0.1, 0.15) is 0 Å². The first-order valence-corrected chi connectivity index (χ1v) is 5.75. The van der Waals surface area contributed by atoms with Crippen molar-refractivity contribution in [2.75, 3.05) is 5.73 Å². The Morgan fingerprint density at radius 2 is 1.56 bits per heavy atom. The van der Waals surface area contributed by atoms with Crippen molar-refractivity contribution >= 4 is 17.6 Å². The van der Waals surface area contributed by atoms with E-state index in [1.807, 2.05) is 12.1 Å². The minimum absolute atomic E-state index is 0.110. The van der Waals surface area contributed by atoms with Crippen LogP contribution in [0.15, 0.2) is 24.3 Å². The molecule has 0 saturated carbocycles. The Bertz CT molecular complexity index is 398. The van der Waals surface area contributed by atoms with Gasteiger partial charge in [0.25, 0.3) is 0 Å². The third-order valence-electron chi connectivity index (χ3n) is 2.75. The largest absolute Gasteiger partial charge is 0.481 e. The van der Waals surface area contributed by atoms with Gasteiger partial charge in [-0.05, 0) is 36.5 Å². The lowest BCUT2D eigenvalue weighted by molar-refractivity contribution is -0.140. The second-order valence-electron chi connectivity index (χ2n) is 4.34. The van der Waals surface area contributed by atoms with Crippen molar-refractivity contribution in [3.63, 3.8) is 0 Å². The molecule has 0 radical (unpaired) electrons. The Hall–Kier alpha value is -2.04. The van der Waals surface area contributed by atoms with E-state index in [0.717, 1.165) is 5.56 Å². The molecule has 1 aromatic carbocycles. The first-order valence-electron chi connectivity index (χ1n) is 5.75. The van der Waals surface area contributed by atoms with E-state index < -0.39 is 11.9 Å². The maximum absolute atomic E-state index is 10.6. The van der Waals surface area contributed by atoms with E-state index in [9.17, 15) is 9.59 Å². The van der Waals surface area contributed by atoms with Crippen LogP contribution in [0.5, 0.6) is 0 Å². The summed E-state index contributed by atoms with van der Waals surface area (Å²) < 4.78 is 0. The zero-order valence-electron chi connectivity index (χ0n) is 10.0. The fourth-order valence-electron chi connectivity index (χ4n) is 1.83. The lowest BCUT2D eigenvalue weighted by atomic mass is 9.93. The topological polar surface area (TPSA) is 101 Å². The summed E-state index contributed by atoms with van der Waals surface area (Å²) in [6.45, 7) is 0. The van der Waals surface area contributed by atoms with Crippen LogP contribution in [0.2, 0.25) is 0 Å². The molecule has 0 heterocycles. The van der Waals surface area contributed by atoms with Crippen molar-refractivity contribution in [1.29, 1.82) is 0 Å². The molecule has 0 aliphatic rings. The molecule has 1 rings (SSSR count). The number of hydrogen-bond acceptors (Lipinski definition) is 3. The molecule has 5 heteroatoms. The van der Waals surface area contributed by atoms with Crippen LogP contribution in [0.4, 0.5) is 5.69 Å². The number of carboxylic acids is 2. The van der Waals surface area contributed by atoms with Gasteiger partial charge >= 0.3 is 11.9 Å². The van der Waals surface area contributed by atoms with E-state index in [-0.39, 0.29) is 18.8 Å². The third-order valence-corrected chi connectivity index (χ3v) is 2.75. The van der Waals surface area contributed by atoms with Gasteiger partial charge < -0.3 is 15.9 Å². The van der Waals surface area contributed by atoms with Crippen LogP contribution >= 0.6 is 0 Å². The van der Waals surface area contributed by atoms with E-state index in [2.05, 4.69) is 0 Å². The number of nitrogens with two attached hydrogens (primary N) is 1. The molecule has 4 N–H and O–H groups in total. The number of aliphatic carboxylic acids is 2. The Kier molecular flexibility index (Phi) is 5.17. The molecular formula is C13H17NO4. The SMILES string of the molecule is Nc1ccc(CCC(CC(=O)O)CC(=O)O)cc1. The molecule has 18 heavy (non-hydrogen) atoms. The van der Waals surface area contributed by atoms with E-state index in [4.69, 9.17) is 15.9 Å². The van der Waals surface area contributed by atoms with E-state index in [1.54, 1.807) is 12.1 Å². The van der Waals surface area contributed by atoms with Crippen molar-refractivity contribution in [3.05, 3.63) is 29.8 Å². The van der Waals surface area contributed by atoms with Gasteiger partial charge in [0.2, 0.25) is 0 Å². The van der Waals surface area contributed by atoms with Gasteiger partial charge in [0.05, 0.1) is 0 Å². The maximum atomic E-state index is 10.6. The molecule has 0 saturated heterocycles. The lowest BCUT2D eigenvalue weighted by Crippen LogP contribution is -2.13. The second kappa shape index (κ2) is 6.64. The molecule has 0 aromatic heterocycles. The van der Waals surface area contributed by atoms with E-state index in [0.29, 0.717) is 18.5 Å². The normalized spacial score (nSPS) is 10.5. The summed E-state index contributed by atoms with van der Waals surface area (Å²) in [5, 5.41) is 17.4. The Balaban J connectivity index is 2.52. The van der Waals surface area contributed by atoms with Crippen molar-refractivity contribution in [1.82, 2.24) is 0 Å². The monoisotopic (exact) mass is 251 g/mol. The number of carbonyl (C=O) groups is 2. The van der Waals surface area contributed by atoms with Crippen LogP contribution in [0.3, 0.4) is 0 Å². The number of benzene rings is 1. The number of rotatable bonds is 7. The molecule has 0 aliphatic heterocycles. The number of nitrogen functional groups attached to an aromatic ring is 1. The Morgan fingerprint density at radius 1 is 1.06 bits per heavy atom. The maximum Gasteiger partial charge on any atom is 0.303 e. The van der Waals surface area contributed by atoms with Crippen LogP contribution in [-0.4, -0.2) is 22.2 Å². The zero-order valence-corrected chi connectivity index (χ0v) is 10.0. The molecular weight excluding hydrogens is 234 g/mol. The molecule has 0 fully saturated rings. The second-order valence-corrected chi connectivity index (χ2v) is 4.34. The molecule has 0 spiro atoms. The van der Waals surface area contributed by atoms with Crippen LogP contribution in [-0.2, 0) is 16.0 Å². The van der Waals surface area contributed by atoms with Crippen LogP contribution in [0.1, 0.15) is 24.8 Å². The number of anilines is 1. The van der Waals surface area contributed by atoms with E-state index in [1.165, 1.54) is 0 Å². The van der Waals surface area contributed by atoms with Crippen molar-refractivity contribution in [2.45, 2.75) is 25.7 Å². The molecule has 5 nitrogen and oxygen atoms in total. The zero-order chi connectivity index (χ0) is 13.5. The highest BCUT2D eigenvalue weighted by Crippen LogP contribution is 2.18. The van der Waals surface area contributed by atoms with Gasteiger partial charge in [-0.1, -0.05) is 12.1 Å². The molecule has 0 atom stereocenters. The van der Waals surface area contributed by atoms with Gasteiger partial charge in [-0.3, -0.25) is 9.59 Å². The number of hydrogen-bond donors (Lipinski definition) is 3. The predicted molar refractivity (Wildman–Crippen MR) is 67.2 cm³/mol. The summed E-state index contributed by atoms with van der Waals surface area (Å²) in [5.74, 6) is -2.25. The van der Waals surface area contributed by atoms with Crippen molar-refractivity contribution in [2.24, 2.45) is 5.92 Å². The molecule has 98 valence electrons.